The molecule has 0 saturated heterocycles. The first-order chi connectivity index (χ1) is 6.42. The fourth-order valence-corrected chi connectivity index (χ4v) is 1.59. The first kappa shape index (κ1) is 11.3. The van der Waals surface area contributed by atoms with Crippen LogP contribution in [0, 0.1) is 11.8 Å². The van der Waals surface area contributed by atoms with Crippen LogP contribution in [0.15, 0.2) is 0 Å². The minimum atomic E-state index is -0.391. The quantitative estimate of drug-likeness (QED) is 0.758. The lowest BCUT2D eigenvalue weighted by Gasteiger charge is -2.19. The Hall–Kier alpha value is -0.730. The van der Waals surface area contributed by atoms with Crippen molar-refractivity contribution in [3.63, 3.8) is 0 Å². The van der Waals surface area contributed by atoms with Crippen LogP contribution in [0.5, 0.6) is 0 Å². The molecule has 0 aromatic carbocycles. The number of ether oxygens (including phenoxy) is 1. The van der Waals surface area contributed by atoms with E-state index in [1.165, 1.54) is 12.8 Å². The third kappa shape index (κ3) is 3.99. The third-order valence-electron chi connectivity index (χ3n) is 2.50. The van der Waals surface area contributed by atoms with E-state index in [0.29, 0.717) is 5.92 Å². The van der Waals surface area contributed by atoms with E-state index >= 15 is 0 Å². The average molecular weight is 199 g/mol. The fourth-order valence-electron chi connectivity index (χ4n) is 1.59. The van der Waals surface area contributed by atoms with E-state index in [0.717, 1.165) is 12.5 Å². The Morgan fingerprint density at radius 3 is 2.50 bits per heavy atom. The van der Waals surface area contributed by atoms with E-state index in [9.17, 15) is 4.79 Å². The molecule has 1 fully saturated rings. The van der Waals surface area contributed by atoms with Gasteiger partial charge in [-0.3, -0.25) is 0 Å². The van der Waals surface area contributed by atoms with Gasteiger partial charge in [0.1, 0.15) is 5.60 Å². The number of hydrogen-bond acceptors (Lipinski definition) is 2. The number of alkyl carbamates (subject to hydrolysis) is 1. The third-order valence-corrected chi connectivity index (χ3v) is 2.50. The highest BCUT2D eigenvalue weighted by molar-refractivity contribution is 5.67. The second-order valence-corrected chi connectivity index (χ2v) is 5.05. The fraction of sp³-hybridized carbons (Fsp3) is 0.909. The number of nitrogens with one attached hydrogen (secondary N) is 1. The average Bonchev–Trinajstić information content (AvgIpc) is 2.76. The summed E-state index contributed by atoms with van der Waals surface area (Å²) >= 11 is 0. The van der Waals surface area contributed by atoms with Gasteiger partial charge >= 0.3 is 6.09 Å². The van der Waals surface area contributed by atoms with Crippen molar-refractivity contribution in [2.45, 2.75) is 46.1 Å². The van der Waals surface area contributed by atoms with E-state index in [2.05, 4.69) is 12.2 Å². The molecule has 82 valence electrons. The topological polar surface area (TPSA) is 38.3 Å². The lowest BCUT2D eigenvalue weighted by molar-refractivity contribution is 0.0524. The number of rotatable bonds is 3. The van der Waals surface area contributed by atoms with Crippen molar-refractivity contribution >= 4 is 6.09 Å². The van der Waals surface area contributed by atoms with E-state index in [1.54, 1.807) is 0 Å². The first-order valence-corrected chi connectivity index (χ1v) is 5.39. The van der Waals surface area contributed by atoms with Crippen molar-refractivity contribution in [1.29, 1.82) is 0 Å². The Morgan fingerprint density at radius 1 is 1.43 bits per heavy atom. The number of hydrogen-bond donors (Lipinski definition) is 1. The Balaban J connectivity index is 2.10. The maximum atomic E-state index is 11.3. The minimum Gasteiger partial charge on any atom is -0.444 e. The van der Waals surface area contributed by atoms with Gasteiger partial charge in [-0.05, 0) is 39.0 Å². The van der Waals surface area contributed by atoms with Crippen LogP contribution < -0.4 is 5.32 Å². The Kier molecular flexibility index (Phi) is 3.40. The van der Waals surface area contributed by atoms with Crippen molar-refractivity contribution in [3.05, 3.63) is 0 Å². The molecule has 1 aliphatic carbocycles. The normalized spacial score (nSPS) is 25.7. The molecule has 1 amide bonds. The van der Waals surface area contributed by atoms with Gasteiger partial charge in [0.15, 0.2) is 0 Å². The summed E-state index contributed by atoms with van der Waals surface area (Å²) in [6.45, 7) is 8.58. The molecule has 0 bridgehead atoms. The molecule has 0 heterocycles. The minimum absolute atomic E-state index is 0.292. The van der Waals surface area contributed by atoms with E-state index in [1.807, 2.05) is 20.8 Å². The molecule has 2 atom stereocenters. The predicted molar refractivity (Wildman–Crippen MR) is 56.1 cm³/mol. The van der Waals surface area contributed by atoms with Crippen LogP contribution in [-0.2, 0) is 4.74 Å². The zero-order valence-electron chi connectivity index (χ0n) is 9.59. The lowest BCUT2D eigenvalue weighted by Crippen LogP contribution is -2.33. The van der Waals surface area contributed by atoms with Crippen LogP contribution in [0.1, 0.15) is 40.5 Å². The highest BCUT2D eigenvalue weighted by Crippen LogP contribution is 2.40. The molecule has 0 aromatic heterocycles. The summed E-state index contributed by atoms with van der Waals surface area (Å²) in [6.07, 6.45) is 2.19. The van der Waals surface area contributed by atoms with Gasteiger partial charge in [0, 0.05) is 6.54 Å². The summed E-state index contributed by atoms with van der Waals surface area (Å²) in [6, 6.07) is 0. The highest BCUT2D eigenvalue weighted by Gasteiger charge is 2.35. The standard InChI is InChI=1S/C11H21NO2/c1-5-8-6-9(8)7-12-10(13)14-11(2,3)4/h8-9H,5-7H2,1-4H3,(H,12,13). The van der Waals surface area contributed by atoms with E-state index in [4.69, 9.17) is 4.74 Å². The number of carbonyl (C=O) groups is 1. The van der Waals surface area contributed by atoms with Crippen molar-refractivity contribution in [2.75, 3.05) is 6.54 Å². The maximum Gasteiger partial charge on any atom is 0.407 e. The molecule has 1 N–H and O–H groups in total. The van der Waals surface area contributed by atoms with Crippen molar-refractivity contribution in [3.8, 4) is 0 Å². The summed E-state index contributed by atoms with van der Waals surface area (Å²) in [5.74, 6) is 1.51. The highest BCUT2D eigenvalue weighted by atomic mass is 16.6. The molecule has 1 saturated carbocycles. The molecule has 0 aromatic rings. The molecule has 2 unspecified atom stereocenters. The first-order valence-electron chi connectivity index (χ1n) is 5.39. The Labute approximate surface area is 86.2 Å². The van der Waals surface area contributed by atoms with Crippen LogP contribution in [-0.4, -0.2) is 18.2 Å². The largest absolute Gasteiger partial charge is 0.444 e. The van der Waals surface area contributed by atoms with E-state index < -0.39 is 5.60 Å². The Morgan fingerprint density at radius 2 is 2.07 bits per heavy atom. The SMILES string of the molecule is CCC1CC1CNC(=O)OC(C)(C)C. The zero-order chi connectivity index (χ0) is 10.8. The van der Waals surface area contributed by atoms with Crippen molar-refractivity contribution < 1.29 is 9.53 Å². The molecular formula is C11H21NO2. The monoisotopic (exact) mass is 199 g/mol. The second kappa shape index (κ2) is 4.20. The van der Waals surface area contributed by atoms with Crippen LogP contribution in [0.4, 0.5) is 4.79 Å². The summed E-state index contributed by atoms with van der Waals surface area (Å²) in [5, 5.41) is 2.80. The molecule has 1 aliphatic rings. The number of amides is 1. The second-order valence-electron chi connectivity index (χ2n) is 5.05. The summed E-state index contributed by atoms with van der Waals surface area (Å²) in [4.78, 5) is 11.3. The Bertz CT molecular complexity index is 208. The summed E-state index contributed by atoms with van der Waals surface area (Å²) < 4.78 is 5.13. The van der Waals surface area contributed by atoms with Gasteiger partial charge in [-0.15, -0.1) is 0 Å². The molecular weight excluding hydrogens is 178 g/mol. The molecule has 1 rings (SSSR count). The molecule has 0 radical (unpaired) electrons. The van der Waals surface area contributed by atoms with Gasteiger partial charge in [-0.25, -0.2) is 4.79 Å². The zero-order valence-corrected chi connectivity index (χ0v) is 9.59. The van der Waals surface area contributed by atoms with Crippen LogP contribution in [0.25, 0.3) is 0 Å². The van der Waals surface area contributed by atoms with Crippen LogP contribution >= 0.6 is 0 Å². The van der Waals surface area contributed by atoms with Gasteiger partial charge < -0.3 is 10.1 Å². The van der Waals surface area contributed by atoms with Crippen molar-refractivity contribution in [2.24, 2.45) is 11.8 Å². The van der Waals surface area contributed by atoms with Crippen LogP contribution in [0.3, 0.4) is 0 Å². The van der Waals surface area contributed by atoms with Crippen LogP contribution in [0.2, 0.25) is 0 Å². The van der Waals surface area contributed by atoms with E-state index in [-0.39, 0.29) is 6.09 Å². The predicted octanol–water partition coefficient (Wildman–Crippen LogP) is 2.56. The molecule has 14 heavy (non-hydrogen) atoms. The molecule has 0 aliphatic heterocycles. The van der Waals surface area contributed by atoms with Gasteiger partial charge in [0.25, 0.3) is 0 Å². The summed E-state index contributed by atoms with van der Waals surface area (Å²) in [5.41, 5.74) is -0.391. The van der Waals surface area contributed by atoms with Gasteiger partial charge in [0.05, 0.1) is 0 Å². The molecule has 0 spiro atoms. The number of carbonyl (C=O) groups excluding carboxylic acids is 1. The van der Waals surface area contributed by atoms with Gasteiger partial charge in [0.2, 0.25) is 0 Å². The van der Waals surface area contributed by atoms with Gasteiger partial charge in [-0.1, -0.05) is 13.3 Å². The van der Waals surface area contributed by atoms with Crippen molar-refractivity contribution in [1.82, 2.24) is 5.32 Å². The lowest BCUT2D eigenvalue weighted by atomic mass is 10.2. The molecule has 3 nitrogen and oxygen atoms in total. The molecule has 3 heteroatoms. The summed E-state index contributed by atoms with van der Waals surface area (Å²) in [7, 11) is 0. The van der Waals surface area contributed by atoms with Gasteiger partial charge in [-0.2, -0.15) is 0 Å². The smallest absolute Gasteiger partial charge is 0.407 e. The maximum absolute atomic E-state index is 11.3.